The van der Waals surface area contributed by atoms with Crippen LogP contribution < -0.4 is 0 Å². The lowest BCUT2D eigenvalue weighted by Crippen LogP contribution is -2.51. The number of morpholine rings is 1. The molecule has 0 aliphatic carbocycles. The predicted molar refractivity (Wildman–Crippen MR) is 72.7 cm³/mol. The number of hydrogen-bond acceptors (Lipinski definition) is 3. The summed E-state index contributed by atoms with van der Waals surface area (Å²) in [6.45, 7) is 3.36. The summed E-state index contributed by atoms with van der Waals surface area (Å²) in [5.74, 6) is 0.203. The molecule has 94 valence electrons. The number of carbonyl (C=O) groups excluding carboxylic acids is 1. The fourth-order valence-electron chi connectivity index (χ4n) is 1.92. The summed E-state index contributed by atoms with van der Waals surface area (Å²) in [4.78, 5) is 15.3. The number of carbonyl (C=O) groups is 1. The van der Waals surface area contributed by atoms with Crippen LogP contribution in [0.2, 0.25) is 0 Å². The molecule has 1 amide bonds. The van der Waals surface area contributed by atoms with E-state index in [1.165, 1.54) is 0 Å². The van der Waals surface area contributed by atoms with E-state index >= 15 is 0 Å². The van der Waals surface area contributed by atoms with Gasteiger partial charge in [-0.05, 0) is 18.4 Å². The van der Waals surface area contributed by atoms with Gasteiger partial charge in [-0.1, -0.05) is 22.0 Å². The minimum atomic E-state index is 0.124. The van der Waals surface area contributed by atoms with E-state index in [9.17, 15) is 4.79 Å². The van der Waals surface area contributed by atoms with Crippen molar-refractivity contribution in [2.45, 2.75) is 25.5 Å². The molecule has 1 aliphatic rings. The number of ether oxygens (including phenoxy) is 1. The van der Waals surface area contributed by atoms with Crippen molar-refractivity contribution in [2.75, 3.05) is 18.5 Å². The average molecular weight is 318 g/mol. The number of hydrogen-bond donors (Lipinski definition) is 0. The molecule has 1 aromatic rings. The highest BCUT2D eigenvalue weighted by molar-refractivity contribution is 9.09. The first-order valence-corrected chi connectivity index (χ1v) is 7.70. The summed E-state index contributed by atoms with van der Waals surface area (Å²) < 4.78 is 5.62. The van der Waals surface area contributed by atoms with Crippen molar-refractivity contribution in [3.05, 3.63) is 22.4 Å². The normalized spacial score (nSPS) is 24.9. The maximum absolute atomic E-state index is 12.2. The Morgan fingerprint density at radius 1 is 1.71 bits per heavy atom. The van der Waals surface area contributed by atoms with E-state index in [-0.39, 0.29) is 18.1 Å². The SMILES string of the molecule is CC1COC(CBr)CN1C(=O)Cc1cccs1. The van der Waals surface area contributed by atoms with E-state index in [4.69, 9.17) is 4.74 Å². The Bertz CT molecular complexity index is 369. The molecular formula is C12H16BrNO2S. The summed E-state index contributed by atoms with van der Waals surface area (Å²) >= 11 is 5.04. The number of nitrogens with zero attached hydrogens (tertiary/aromatic N) is 1. The average Bonchev–Trinajstić information content (AvgIpc) is 2.82. The molecular weight excluding hydrogens is 302 g/mol. The molecule has 1 aromatic heterocycles. The van der Waals surface area contributed by atoms with Crippen molar-refractivity contribution in [2.24, 2.45) is 0 Å². The van der Waals surface area contributed by atoms with Crippen LogP contribution in [-0.2, 0) is 16.0 Å². The summed E-state index contributed by atoms with van der Waals surface area (Å²) in [7, 11) is 0. The lowest BCUT2D eigenvalue weighted by Gasteiger charge is -2.37. The van der Waals surface area contributed by atoms with Crippen LogP contribution in [0.5, 0.6) is 0 Å². The third-order valence-corrected chi connectivity index (χ3v) is 4.50. The van der Waals surface area contributed by atoms with Gasteiger partial charge >= 0.3 is 0 Å². The monoisotopic (exact) mass is 317 g/mol. The molecule has 2 unspecified atom stereocenters. The van der Waals surface area contributed by atoms with Gasteiger partial charge in [0.05, 0.1) is 25.2 Å². The van der Waals surface area contributed by atoms with E-state index in [0.717, 1.165) is 10.2 Å². The first-order chi connectivity index (χ1) is 8.20. The molecule has 2 atom stereocenters. The molecule has 0 saturated carbocycles. The maximum Gasteiger partial charge on any atom is 0.228 e. The number of alkyl halides is 1. The van der Waals surface area contributed by atoms with E-state index in [0.29, 0.717) is 19.6 Å². The third kappa shape index (κ3) is 3.30. The molecule has 5 heteroatoms. The van der Waals surface area contributed by atoms with Gasteiger partial charge in [0.1, 0.15) is 0 Å². The van der Waals surface area contributed by atoms with Gasteiger partial charge in [-0.3, -0.25) is 4.79 Å². The number of rotatable bonds is 3. The Balaban J connectivity index is 1.97. The minimum Gasteiger partial charge on any atom is -0.373 e. The molecule has 1 saturated heterocycles. The molecule has 2 rings (SSSR count). The summed E-state index contributed by atoms with van der Waals surface area (Å²) in [5, 5.41) is 2.79. The quantitative estimate of drug-likeness (QED) is 0.801. The molecule has 0 bridgehead atoms. The van der Waals surface area contributed by atoms with E-state index in [1.807, 2.05) is 29.3 Å². The largest absolute Gasteiger partial charge is 0.373 e. The molecule has 0 spiro atoms. The van der Waals surface area contributed by atoms with Gasteiger partial charge in [-0.25, -0.2) is 0 Å². The van der Waals surface area contributed by atoms with Crippen LogP contribution in [0.4, 0.5) is 0 Å². The van der Waals surface area contributed by atoms with Crippen molar-refractivity contribution in [1.82, 2.24) is 4.90 Å². The van der Waals surface area contributed by atoms with Gasteiger partial charge in [-0.2, -0.15) is 0 Å². The van der Waals surface area contributed by atoms with Crippen LogP contribution in [0.25, 0.3) is 0 Å². The zero-order valence-corrected chi connectivity index (χ0v) is 12.2. The Labute approximate surface area is 114 Å². The number of amides is 1. The zero-order chi connectivity index (χ0) is 12.3. The van der Waals surface area contributed by atoms with Gasteiger partial charge in [0, 0.05) is 16.8 Å². The molecule has 1 aliphatic heterocycles. The van der Waals surface area contributed by atoms with Gasteiger partial charge in [0.2, 0.25) is 5.91 Å². The highest BCUT2D eigenvalue weighted by atomic mass is 79.9. The number of halogens is 1. The first kappa shape index (κ1) is 13.1. The van der Waals surface area contributed by atoms with Crippen LogP contribution >= 0.6 is 27.3 Å². The maximum atomic E-state index is 12.2. The van der Waals surface area contributed by atoms with E-state index < -0.39 is 0 Å². The van der Waals surface area contributed by atoms with Gasteiger partial charge in [0.25, 0.3) is 0 Å². The standard InChI is InChI=1S/C12H16BrNO2S/c1-9-8-16-10(6-13)7-14(9)12(15)5-11-3-2-4-17-11/h2-4,9-10H,5-8H2,1H3. The zero-order valence-electron chi connectivity index (χ0n) is 9.77. The highest BCUT2D eigenvalue weighted by Gasteiger charge is 2.28. The Kier molecular flexibility index (Phi) is 4.59. The van der Waals surface area contributed by atoms with E-state index in [1.54, 1.807) is 11.3 Å². The second-order valence-corrected chi connectivity index (χ2v) is 5.94. The van der Waals surface area contributed by atoms with Crippen LogP contribution in [-0.4, -0.2) is 41.4 Å². The third-order valence-electron chi connectivity index (χ3n) is 2.90. The smallest absolute Gasteiger partial charge is 0.228 e. The van der Waals surface area contributed by atoms with Crippen molar-refractivity contribution in [1.29, 1.82) is 0 Å². The Morgan fingerprint density at radius 2 is 2.53 bits per heavy atom. The minimum absolute atomic E-state index is 0.124. The molecule has 2 heterocycles. The molecule has 0 N–H and O–H groups in total. The first-order valence-electron chi connectivity index (χ1n) is 5.70. The number of thiophene rings is 1. The summed E-state index contributed by atoms with van der Waals surface area (Å²) in [6, 6.07) is 4.17. The molecule has 0 aromatic carbocycles. The van der Waals surface area contributed by atoms with Crippen LogP contribution in [0, 0.1) is 0 Å². The lowest BCUT2D eigenvalue weighted by atomic mass is 10.2. The fourth-order valence-corrected chi connectivity index (χ4v) is 3.01. The van der Waals surface area contributed by atoms with Crippen molar-refractivity contribution in [3.63, 3.8) is 0 Å². The van der Waals surface area contributed by atoms with Crippen molar-refractivity contribution >= 4 is 33.2 Å². The summed E-state index contributed by atoms with van der Waals surface area (Å²) in [6.07, 6.45) is 0.635. The Hall–Kier alpha value is -0.390. The van der Waals surface area contributed by atoms with Crippen LogP contribution in [0.1, 0.15) is 11.8 Å². The topological polar surface area (TPSA) is 29.5 Å². The highest BCUT2D eigenvalue weighted by Crippen LogP contribution is 2.17. The predicted octanol–water partition coefficient (Wildman–Crippen LogP) is 2.30. The molecule has 1 fully saturated rings. The summed E-state index contributed by atoms with van der Waals surface area (Å²) in [5.41, 5.74) is 0. The van der Waals surface area contributed by atoms with E-state index in [2.05, 4.69) is 15.9 Å². The van der Waals surface area contributed by atoms with Gasteiger partial charge in [0.15, 0.2) is 0 Å². The lowest BCUT2D eigenvalue weighted by molar-refractivity contribution is -0.142. The van der Waals surface area contributed by atoms with Crippen LogP contribution in [0.15, 0.2) is 17.5 Å². The molecule has 0 radical (unpaired) electrons. The second kappa shape index (κ2) is 5.98. The fraction of sp³-hybridized carbons (Fsp3) is 0.583. The van der Waals surface area contributed by atoms with Crippen molar-refractivity contribution in [3.8, 4) is 0 Å². The Morgan fingerprint density at radius 3 is 3.18 bits per heavy atom. The molecule has 17 heavy (non-hydrogen) atoms. The van der Waals surface area contributed by atoms with Gasteiger partial charge in [-0.15, -0.1) is 11.3 Å². The van der Waals surface area contributed by atoms with Crippen LogP contribution in [0.3, 0.4) is 0 Å². The van der Waals surface area contributed by atoms with Gasteiger partial charge < -0.3 is 9.64 Å². The van der Waals surface area contributed by atoms with Crippen molar-refractivity contribution < 1.29 is 9.53 Å². The molecule has 3 nitrogen and oxygen atoms in total. The second-order valence-electron chi connectivity index (χ2n) is 4.26.